The van der Waals surface area contributed by atoms with Gasteiger partial charge in [-0.15, -0.1) is 0 Å². The summed E-state index contributed by atoms with van der Waals surface area (Å²) in [5, 5.41) is 2.59. The van der Waals surface area contributed by atoms with Crippen molar-refractivity contribution in [3.05, 3.63) is 0 Å². The van der Waals surface area contributed by atoms with Gasteiger partial charge >= 0.3 is 6.18 Å². The van der Waals surface area contributed by atoms with Gasteiger partial charge in [0, 0.05) is 12.6 Å². The number of halogens is 3. The second-order valence-corrected chi connectivity index (χ2v) is 3.78. The van der Waals surface area contributed by atoms with Crippen molar-refractivity contribution in [1.82, 2.24) is 5.32 Å². The zero-order valence-corrected chi connectivity index (χ0v) is 8.45. The van der Waals surface area contributed by atoms with Gasteiger partial charge in [-0.1, -0.05) is 0 Å². The van der Waals surface area contributed by atoms with Crippen LogP contribution in [0.15, 0.2) is 0 Å². The molecule has 0 aromatic heterocycles. The van der Waals surface area contributed by atoms with Crippen LogP contribution in [0.1, 0.15) is 26.7 Å². The van der Waals surface area contributed by atoms with Crippen LogP contribution < -0.4 is 5.32 Å². The third-order valence-electron chi connectivity index (χ3n) is 2.39. The Kier molecular flexibility index (Phi) is 3.42. The summed E-state index contributed by atoms with van der Waals surface area (Å²) in [6.07, 6.45) is -3.76. The van der Waals surface area contributed by atoms with Gasteiger partial charge in [-0.3, -0.25) is 5.32 Å². The first-order valence-corrected chi connectivity index (χ1v) is 4.83. The highest BCUT2D eigenvalue weighted by Crippen LogP contribution is 2.49. The number of alkyl halides is 3. The average Bonchev–Trinajstić information content (AvgIpc) is 2.80. The molecule has 5 heteroatoms. The molecular formula is C9H16F3NO. The number of ether oxygens (including phenoxy) is 1. The molecule has 1 aliphatic rings. The molecule has 0 saturated heterocycles. The molecule has 0 heterocycles. The van der Waals surface area contributed by atoms with Gasteiger partial charge in [-0.05, 0) is 26.7 Å². The molecule has 1 rings (SSSR count). The van der Waals surface area contributed by atoms with Gasteiger partial charge in [-0.2, -0.15) is 13.2 Å². The smallest absolute Gasteiger partial charge is 0.380 e. The minimum Gasteiger partial charge on any atom is -0.380 e. The highest BCUT2D eigenvalue weighted by molar-refractivity contribution is 5.08. The van der Waals surface area contributed by atoms with E-state index in [1.165, 1.54) is 0 Å². The highest BCUT2D eigenvalue weighted by Gasteiger charge is 2.63. The summed E-state index contributed by atoms with van der Waals surface area (Å²) >= 11 is 0. The summed E-state index contributed by atoms with van der Waals surface area (Å²) in [6, 6.07) is -0.251. The molecule has 1 atom stereocenters. The summed E-state index contributed by atoms with van der Waals surface area (Å²) in [4.78, 5) is 0. The van der Waals surface area contributed by atoms with E-state index in [-0.39, 0.29) is 18.9 Å². The summed E-state index contributed by atoms with van der Waals surface area (Å²) in [7, 11) is 0. The Hall–Kier alpha value is -0.290. The number of rotatable bonds is 5. The Morgan fingerprint density at radius 3 is 2.36 bits per heavy atom. The Morgan fingerprint density at radius 1 is 1.43 bits per heavy atom. The van der Waals surface area contributed by atoms with Crippen LogP contribution in [0.3, 0.4) is 0 Å². The van der Waals surface area contributed by atoms with Gasteiger partial charge < -0.3 is 4.74 Å². The van der Waals surface area contributed by atoms with Gasteiger partial charge in [0.15, 0.2) is 0 Å². The van der Waals surface area contributed by atoms with E-state index in [1.54, 1.807) is 6.92 Å². The Morgan fingerprint density at radius 2 is 2.00 bits per heavy atom. The summed E-state index contributed by atoms with van der Waals surface area (Å²) < 4.78 is 42.5. The van der Waals surface area contributed by atoms with E-state index in [0.717, 1.165) is 0 Å². The van der Waals surface area contributed by atoms with Gasteiger partial charge in [0.1, 0.15) is 5.54 Å². The second-order valence-electron chi connectivity index (χ2n) is 3.78. The van der Waals surface area contributed by atoms with E-state index in [4.69, 9.17) is 4.74 Å². The topological polar surface area (TPSA) is 21.3 Å². The predicted octanol–water partition coefficient (Wildman–Crippen LogP) is 2.10. The monoisotopic (exact) mass is 211 g/mol. The molecule has 0 spiro atoms. The summed E-state index contributed by atoms with van der Waals surface area (Å²) in [5.41, 5.74) is -1.62. The maximum absolute atomic E-state index is 12.5. The molecule has 0 aliphatic heterocycles. The van der Waals surface area contributed by atoms with E-state index in [2.05, 4.69) is 5.32 Å². The Balaban J connectivity index is 2.36. The zero-order chi connectivity index (χ0) is 10.8. The molecule has 2 nitrogen and oxygen atoms in total. The van der Waals surface area contributed by atoms with Gasteiger partial charge in [0.2, 0.25) is 0 Å². The molecule has 14 heavy (non-hydrogen) atoms. The lowest BCUT2D eigenvalue weighted by molar-refractivity contribution is -0.168. The highest BCUT2D eigenvalue weighted by atomic mass is 19.4. The zero-order valence-electron chi connectivity index (χ0n) is 8.45. The molecule has 0 radical (unpaired) electrons. The van der Waals surface area contributed by atoms with Crippen LogP contribution in [-0.4, -0.2) is 31.0 Å². The lowest BCUT2D eigenvalue weighted by Crippen LogP contribution is -2.50. The molecular weight excluding hydrogens is 195 g/mol. The van der Waals surface area contributed by atoms with Crippen molar-refractivity contribution in [1.29, 1.82) is 0 Å². The van der Waals surface area contributed by atoms with Crippen LogP contribution in [0.5, 0.6) is 0 Å². The van der Waals surface area contributed by atoms with Crippen LogP contribution in [0.4, 0.5) is 13.2 Å². The molecule has 84 valence electrons. The first kappa shape index (κ1) is 11.8. The summed E-state index contributed by atoms with van der Waals surface area (Å²) in [6.45, 7) is 4.39. The number of nitrogens with one attached hydrogen (secondary N) is 1. The van der Waals surface area contributed by atoms with Crippen molar-refractivity contribution in [2.75, 3.05) is 13.2 Å². The third-order valence-corrected chi connectivity index (χ3v) is 2.39. The molecule has 1 unspecified atom stereocenters. The average molecular weight is 211 g/mol. The largest absolute Gasteiger partial charge is 0.406 e. The van der Waals surface area contributed by atoms with Crippen molar-refractivity contribution in [2.24, 2.45) is 0 Å². The van der Waals surface area contributed by atoms with Crippen LogP contribution >= 0.6 is 0 Å². The normalized spacial score (nSPS) is 22.1. The van der Waals surface area contributed by atoms with Crippen molar-refractivity contribution in [3.63, 3.8) is 0 Å². The lowest BCUT2D eigenvalue weighted by atomic mass is 10.2. The van der Waals surface area contributed by atoms with E-state index in [1.807, 2.05) is 6.92 Å². The molecule has 1 fully saturated rings. The van der Waals surface area contributed by atoms with Crippen LogP contribution in [0.2, 0.25) is 0 Å². The van der Waals surface area contributed by atoms with Crippen molar-refractivity contribution in [2.45, 2.75) is 44.4 Å². The maximum atomic E-state index is 12.5. The van der Waals surface area contributed by atoms with Crippen molar-refractivity contribution < 1.29 is 17.9 Å². The van der Waals surface area contributed by atoms with E-state index >= 15 is 0 Å². The predicted molar refractivity (Wildman–Crippen MR) is 47.1 cm³/mol. The molecule has 0 bridgehead atoms. The van der Waals surface area contributed by atoms with Crippen LogP contribution in [0.25, 0.3) is 0 Å². The standard InChI is InChI=1S/C9H16F3NO/c1-3-14-6-7(2)13-8(4-5-8)9(10,11)12/h7,13H,3-6H2,1-2H3. The van der Waals surface area contributed by atoms with Gasteiger partial charge in [0.05, 0.1) is 6.61 Å². The van der Waals surface area contributed by atoms with Gasteiger partial charge in [0.25, 0.3) is 0 Å². The third kappa shape index (κ3) is 2.60. The fraction of sp³-hybridized carbons (Fsp3) is 1.00. The number of hydrogen-bond acceptors (Lipinski definition) is 2. The van der Waals surface area contributed by atoms with Crippen molar-refractivity contribution in [3.8, 4) is 0 Å². The quantitative estimate of drug-likeness (QED) is 0.751. The molecule has 1 aliphatic carbocycles. The molecule has 0 aromatic carbocycles. The fourth-order valence-corrected chi connectivity index (χ4v) is 1.44. The SMILES string of the molecule is CCOCC(C)NC1(C(F)(F)F)CC1. The van der Waals surface area contributed by atoms with Crippen molar-refractivity contribution >= 4 is 0 Å². The maximum Gasteiger partial charge on any atom is 0.406 e. The fourth-order valence-electron chi connectivity index (χ4n) is 1.44. The molecule has 0 amide bonds. The number of hydrogen-bond donors (Lipinski definition) is 1. The van der Waals surface area contributed by atoms with E-state index in [9.17, 15) is 13.2 Å². The van der Waals surface area contributed by atoms with E-state index < -0.39 is 11.7 Å². The van der Waals surface area contributed by atoms with Gasteiger partial charge in [-0.25, -0.2) is 0 Å². The summed E-state index contributed by atoms with van der Waals surface area (Å²) in [5.74, 6) is 0. The lowest BCUT2D eigenvalue weighted by Gasteiger charge is -2.24. The Bertz CT molecular complexity index is 189. The van der Waals surface area contributed by atoms with E-state index in [0.29, 0.717) is 13.2 Å². The minimum absolute atomic E-state index is 0.187. The second kappa shape index (κ2) is 4.06. The van der Waals surface area contributed by atoms with Crippen LogP contribution in [-0.2, 0) is 4.74 Å². The molecule has 1 saturated carbocycles. The minimum atomic E-state index is -4.13. The van der Waals surface area contributed by atoms with Crippen LogP contribution in [0, 0.1) is 0 Å². The first-order chi connectivity index (χ1) is 6.41. The molecule has 0 aromatic rings. The Labute approximate surface area is 81.8 Å². The molecule has 1 N–H and O–H groups in total. The first-order valence-electron chi connectivity index (χ1n) is 4.83.